The van der Waals surface area contributed by atoms with Crippen molar-refractivity contribution in [2.75, 3.05) is 0 Å². The maximum atomic E-state index is 6.54. The molecule has 0 atom stereocenters. The standard InChI is InChI=1S/C49H33N3O/c1-3-13-32(14-4-1)37-19-9-20-38(31-37)41-23-11-25-43-45(41)46-42(24-12-26-44(46)53-43)49-51-47(35-16-5-2-6-17-35)50-48(52-49)36-29-27-34(28-30-36)40-22-10-18-33-15-7-8-21-39(33)40/h1-6,8-14,16-31H,7,15H2. The Morgan fingerprint density at radius 2 is 0.943 bits per heavy atom. The van der Waals surface area contributed by atoms with Crippen LogP contribution in [-0.2, 0) is 6.42 Å². The van der Waals surface area contributed by atoms with Crippen LogP contribution in [0.4, 0.5) is 0 Å². The summed E-state index contributed by atoms with van der Waals surface area (Å²) < 4.78 is 6.54. The van der Waals surface area contributed by atoms with E-state index in [9.17, 15) is 0 Å². The minimum absolute atomic E-state index is 0.598. The van der Waals surface area contributed by atoms with Gasteiger partial charge in [0.2, 0.25) is 0 Å². The zero-order valence-electron chi connectivity index (χ0n) is 28.9. The molecule has 0 saturated carbocycles. The minimum atomic E-state index is 0.598. The molecule has 7 aromatic carbocycles. The van der Waals surface area contributed by atoms with Crippen molar-refractivity contribution in [3.8, 4) is 67.5 Å². The van der Waals surface area contributed by atoms with E-state index in [-0.39, 0.29) is 0 Å². The quantitative estimate of drug-likeness (QED) is 0.175. The molecule has 0 unspecified atom stereocenters. The minimum Gasteiger partial charge on any atom is -0.456 e. The van der Waals surface area contributed by atoms with E-state index in [0.717, 1.165) is 68.2 Å². The largest absolute Gasteiger partial charge is 0.456 e. The third kappa shape index (κ3) is 5.62. The Hall–Kier alpha value is -6.91. The number of hydrogen-bond acceptors (Lipinski definition) is 4. The molecular weight excluding hydrogens is 647 g/mol. The summed E-state index contributed by atoms with van der Waals surface area (Å²) in [6.07, 6.45) is 6.70. The third-order valence-electron chi connectivity index (χ3n) is 10.2. The van der Waals surface area contributed by atoms with Gasteiger partial charge in [-0.3, -0.25) is 0 Å². The van der Waals surface area contributed by atoms with Gasteiger partial charge < -0.3 is 4.42 Å². The van der Waals surface area contributed by atoms with E-state index in [4.69, 9.17) is 19.4 Å². The van der Waals surface area contributed by atoms with Gasteiger partial charge in [0.1, 0.15) is 11.2 Å². The Balaban J connectivity index is 1.14. The molecule has 250 valence electrons. The van der Waals surface area contributed by atoms with E-state index in [2.05, 4.69) is 121 Å². The van der Waals surface area contributed by atoms with Crippen molar-refractivity contribution < 1.29 is 4.42 Å². The molecule has 1 aliphatic carbocycles. The first-order valence-corrected chi connectivity index (χ1v) is 18.1. The first kappa shape index (κ1) is 30.9. The molecule has 0 radical (unpaired) electrons. The SMILES string of the molecule is C1=Cc2c(cccc2-c2ccc(-c3nc(-c4ccccc4)nc(-c4cccc5oc6cccc(-c7cccc(-c8ccccc8)c7)c6c45)n3)cc2)CC1. The Morgan fingerprint density at radius 1 is 0.396 bits per heavy atom. The summed E-state index contributed by atoms with van der Waals surface area (Å²) in [7, 11) is 0. The lowest BCUT2D eigenvalue weighted by Gasteiger charge is -2.15. The van der Waals surface area contributed by atoms with Gasteiger partial charge in [0.25, 0.3) is 0 Å². The van der Waals surface area contributed by atoms with Crippen molar-refractivity contribution in [3.63, 3.8) is 0 Å². The van der Waals surface area contributed by atoms with Crippen molar-refractivity contribution in [1.82, 2.24) is 15.0 Å². The van der Waals surface area contributed by atoms with E-state index in [1.807, 2.05) is 54.6 Å². The van der Waals surface area contributed by atoms with Gasteiger partial charge in [-0.25, -0.2) is 15.0 Å². The highest BCUT2D eigenvalue weighted by molar-refractivity contribution is 6.17. The van der Waals surface area contributed by atoms with E-state index in [1.54, 1.807) is 0 Å². The van der Waals surface area contributed by atoms with Crippen LogP contribution in [0.15, 0.2) is 174 Å². The van der Waals surface area contributed by atoms with Crippen LogP contribution in [0.3, 0.4) is 0 Å². The Labute approximate surface area is 307 Å². The van der Waals surface area contributed by atoms with Gasteiger partial charge in [-0.05, 0) is 75.5 Å². The Morgan fingerprint density at radius 3 is 1.70 bits per heavy atom. The molecule has 0 saturated heterocycles. The summed E-state index contributed by atoms with van der Waals surface area (Å²) >= 11 is 0. The van der Waals surface area contributed by atoms with Crippen LogP contribution >= 0.6 is 0 Å². The highest BCUT2D eigenvalue weighted by Gasteiger charge is 2.20. The first-order valence-electron chi connectivity index (χ1n) is 18.1. The summed E-state index contributed by atoms with van der Waals surface area (Å²) in [5.41, 5.74) is 14.1. The van der Waals surface area contributed by atoms with Crippen LogP contribution in [0, 0.1) is 0 Å². The zero-order chi connectivity index (χ0) is 35.1. The number of hydrogen-bond donors (Lipinski definition) is 0. The Kier molecular flexibility index (Phi) is 7.58. The molecule has 2 aromatic heterocycles. The maximum Gasteiger partial charge on any atom is 0.164 e. The molecule has 53 heavy (non-hydrogen) atoms. The monoisotopic (exact) mass is 679 g/mol. The van der Waals surface area contributed by atoms with Crippen LogP contribution in [0.25, 0.3) is 95.6 Å². The zero-order valence-corrected chi connectivity index (χ0v) is 28.9. The van der Waals surface area contributed by atoms with Crippen LogP contribution in [0.2, 0.25) is 0 Å². The van der Waals surface area contributed by atoms with Crippen molar-refractivity contribution in [3.05, 3.63) is 181 Å². The number of fused-ring (bicyclic) bond motifs is 4. The average Bonchev–Trinajstić information content (AvgIpc) is 3.63. The number of aromatic nitrogens is 3. The molecule has 1 aliphatic rings. The molecule has 4 nitrogen and oxygen atoms in total. The third-order valence-corrected chi connectivity index (χ3v) is 10.2. The van der Waals surface area contributed by atoms with E-state index < -0.39 is 0 Å². The molecule has 0 N–H and O–H groups in total. The van der Waals surface area contributed by atoms with Crippen LogP contribution in [0.5, 0.6) is 0 Å². The van der Waals surface area contributed by atoms with Gasteiger partial charge in [-0.1, -0.05) is 158 Å². The molecule has 0 spiro atoms. The second kappa shape index (κ2) is 13.0. The normalized spacial score (nSPS) is 12.3. The summed E-state index contributed by atoms with van der Waals surface area (Å²) in [6.45, 7) is 0. The summed E-state index contributed by atoms with van der Waals surface area (Å²) in [5, 5.41) is 2.02. The lowest BCUT2D eigenvalue weighted by atomic mass is 9.90. The number of aryl methyl sites for hydroxylation is 1. The van der Waals surface area contributed by atoms with Crippen molar-refractivity contribution in [1.29, 1.82) is 0 Å². The van der Waals surface area contributed by atoms with E-state index in [1.165, 1.54) is 27.8 Å². The van der Waals surface area contributed by atoms with Gasteiger partial charge in [-0.15, -0.1) is 0 Å². The first-order chi connectivity index (χ1) is 26.3. The lowest BCUT2D eigenvalue weighted by Crippen LogP contribution is -2.00. The fraction of sp³-hybridized carbons (Fsp3) is 0.0408. The van der Waals surface area contributed by atoms with Crippen LogP contribution in [-0.4, -0.2) is 15.0 Å². The summed E-state index contributed by atoms with van der Waals surface area (Å²) in [5.74, 6) is 1.84. The highest BCUT2D eigenvalue weighted by atomic mass is 16.3. The number of nitrogens with zero attached hydrogens (tertiary/aromatic N) is 3. The second-order valence-electron chi connectivity index (χ2n) is 13.5. The predicted octanol–water partition coefficient (Wildman–Crippen LogP) is 12.7. The molecular formula is C49H33N3O. The summed E-state index contributed by atoms with van der Waals surface area (Å²) in [4.78, 5) is 15.4. The van der Waals surface area contributed by atoms with Gasteiger partial charge in [0.15, 0.2) is 17.5 Å². The van der Waals surface area contributed by atoms with Gasteiger partial charge in [0.05, 0.1) is 0 Å². The van der Waals surface area contributed by atoms with Gasteiger partial charge >= 0.3 is 0 Å². The highest BCUT2D eigenvalue weighted by Crippen LogP contribution is 2.42. The predicted molar refractivity (Wildman–Crippen MR) is 217 cm³/mol. The molecule has 4 heteroatoms. The van der Waals surface area contributed by atoms with Crippen LogP contribution < -0.4 is 0 Å². The fourth-order valence-electron chi connectivity index (χ4n) is 7.65. The van der Waals surface area contributed by atoms with Crippen molar-refractivity contribution in [2.45, 2.75) is 12.8 Å². The number of rotatable bonds is 6. The molecule has 2 heterocycles. The maximum absolute atomic E-state index is 6.54. The molecule has 10 rings (SSSR count). The van der Waals surface area contributed by atoms with Gasteiger partial charge in [-0.2, -0.15) is 0 Å². The molecule has 9 aromatic rings. The number of allylic oxidation sites excluding steroid dienone is 1. The van der Waals surface area contributed by atoms with Gasteiger partial charge in [0, 0.05) is 27.5 Å². The molecule has 0 aliphatic heterocycles. The molecule has 0 amide bonds. The smallest absolute Gasteiger partial charge is 0.164 e. The number of furan rings is 1. The Bertz CT molecular complexity index is 2820. The van der Waals surface area contributed by atoms with Crippen molar-refractivity contribution >= 4 is 28.0 Å². The fourth-order valence-corrected chi connectivity index (χ4v) is 7.65. The lowest BCUT2D eigenvalue weighted by molar-refractivity contribution is 0.669. The van der Waals surface area contributed by atoms with E-state index in [0.29, 0.717) is 17.5 Å². The topological polar surface area (TPSA) is 51.8 Å². The van der Waals surface area contributed by atoms with Crippen molar-refractivity contribution in [2.24, 2.45) is 0 Å². The summed E-state index contributed by atoms with van der Waals surface area (Å²) in [6, 6.07) is 57.0. The van der Waals surface area contributed by atoms with Crippen LogP contribution in [0.1, 0.15) is 17.5 Å². The van der Waals surface area contributed by atoms with E-state index >= 15 is 0 Å². The number of benzene rings is 7. The molecule has 0 fully saturated rings. The molecule has 0 bridgehead atoms. The second-order valence-corrected chi connectivity index (χ2v) is 13.5. The average molecular weight is 680 g/mol.